The number of aromatic nitrogens is 4. The number of carbonyl (C=O) groups excluding carboxylic acids is 2. The van der Waals surface area contributed by atoms with E-state index in [1.54, 1.807) is 14.2 Å². The molecule has 0 bridgehead atoms. The van der Waals surface area contributed by atoms with Crippen LogP contribution in [0.2, 0.25) is 0 Å². The number of methoxy groups -OCH3 is 2. The lowest BCUT2D eigenvalue weighted by Gasteiger charge is -2.37. The van der Waals surface area contributed by atoms with Crippen molar-refractivity contribution in [3.8, 4) is 34.0 Å². The van der Waals surface area contributed by atoms with Crippen LogP contribution in [0.5, 0.6) is 11.5 Å². The van der Waals surface area contributed by atoms with Crippen molar-refractivity contribution in [3.05, 3.63) is 72.6 Å². The molecule has 2 amide bonds. The van der Waals surface area contributed by atoms with Crippen molar-refractivity contribution in [2.24, 2.45) is 11.5 Å². The highest BCUT2D eigenvalue weighted by Gasteiger charge is 2.37. The number of benzene rings is 2. The van der Waals surface area contributed by atoms with Crippen LogP contribution in [0.3, 0.4) is 0 Å². The number of carbonyl (C=O) groups is 2. The lowest BCUT2D eigenvalue weighted by molar-refractivity contribution is -0.136. The Morgan fingerprint density at radius 3 is 1.47 bits per heavy atom. The maximum atomic E-state index is 14.0. The van der Waals surface area contributed by atoms with Crippen molar-refractivity contribution < 1.29 is 19.1 Å². The van der Waals surface area contributed by atoms with E-state index in [0.717, 1.165) is 110 Å². The molecule has 0 saturated carbocycles. The number of amides is 2. The van der Waals surface area contributed by atoms with E-state index in [4.69, 9.17) is 30.9 Å². The van der Waals surface area contributed by atoms with Crippen LogP contribution in [0.25, 0.3) is 22.5 Å². The summed E-state index contributed by atoms with van der Waals surface area (Å²) in [5.74, 6) is 4.04. The Balaban J connectivity index is 1.07. The van der Waals surface area contributed by atoms with Gasteiger partial charge in [0.2, 0.25) is 11.8 Å². The number of hydrogen-bond acceptors (Lipinski definition) is 10. The number of ether oxygens (including phenoxy) is 2. The minimum Gasteiger partial charge on any atom is -0.496 e. The van der Waals surface area contributed by atoms with Crippen LogP contribution < -0.4 is 20.9 Å². The summed E-state index contributed by atoms with van der Waals surface area (Å²) in [6.45, 7) is 6.86. The molecule has 6 rings (SSSR count). The standard InChI is InChI=1S/C44H62N8O4S2/c1-5-7-9-11-19-37-41-47-35(31-17-13-15-21-39(31)55-3)27-49(41)23-25-51(37)43(53)33(45)29-57-58-30-34(46)44(54)52-26-24-50-28-36(32-18-14-16-22-40(32)56-4)48-42(50)38(52)20-12-10-8-6-2/h13-18,21-22,27-28,33-34,37-38H,5-12,19-20,23-26,29-30,45-46H2,1-4H3/t33-,34-,37-,38-/m0/s1. The molecule has 0 radical (unpaired) electrons. The molecular weight excluding hydrogens is 769 g/mol. The lowest BCUT2D eigenvalue weighted by atomic mass is 10.0. The maximum Gasteiger partial charge on any atom is 0.241 e. The fraction of sp³-hybridized carbons (Fsp3) is 0.545. The van der Waals surface area contributed by atoms with Gasteiger partial charge in [-0.3, -0.25) is 9.59 Å². The summed E-state index contributed by atoms with van der Waals surface area (Å²) in [4.78, 5) is 42.2. The van der Waals surface area contributed by atoms with Crippen LogP contribution in [-0.4, -0.2) is 91.6 Å². The van der Waals surface area contributed by atoms with Crippen molar-refractivity contribution in [2.45, 2.75) is 115 Å². The van der Waals surface area contributed by atoms with E-state index < -0.39 is 12.1 Å². The fourth-order valence-electron chi connectivity index (χ4n) is 8.18. The molecule has 0 saturated heterocycles. The quantitative estimate of drug-likeness (QED) is 0.0628. The van der Waals surface area contributed by atoms with Gasteiger partial charge in [-0.2, -0.15) is 0 Å². The molecule has 14 heteroatoms. The molecule has 2 aliphatic rings. The molecule has 0 unspecified atom stereocenters. The molecule has 2 aliphatic heterocycles. The molecule has 58 heavy (non-hydrogen) atoms. The third kappa shape index (κ3) is 10.2. The molecule has 2 aromatic heterocycles. The first-order valence-electron chi connectivity index (χ1n) is 21.1. The number of imidazole rings is 2. The van der Waals surface area contributed by atoms with Crippen LogP contribution in [0.1, 0.15) is 102 Å². The number of rotatable bonds is 21. The molecule has 4 heterocycles. The van der Waals surface area contributed by atoms with Crippen LogP contribution in [0.4, 0.5) is 0 Å². The molecule has 4 aromatic rings. The van der Waals surface area contributed by atoms with Gasteiger partial charge in [0.15, 0.2) is 0 Å². The number of nitrogens with two attached hydrogens (primary N) is 2. The predicted molar refractivity (Wildman–Crippen MR) is 236 cm³/mol. The Morgan fingerprint density at radius 2 is 1.07 bits per heavy atom. The summed E-state index contributed by atoms with van der Waals surface area (Å²) in [5.41, 5.74) is 16.8. The number of fused-ring (bicyclic) bond motifs is 2. The molecule has 12 nitrogen and oxygen atoms in total. The van der Waals surface area contributed by atoms with E-state index >= 15 is 0 Å². The van der Waals surface area contributed by atoms with Crippen LogP contribution in [0.15, 0.2) is 60.9 Å². The van der Waals surface area contributed by atoms with Gasteiger partial charge < -0.3 is 39.9 Å². The van der Waals surface area contributed by atoms with Crippen molar-refractivity contribution in [1.29, 1.82) is 0 Å². The predicted octanol–water partition coefficient (Wildman–Crippen LogP) is 7.87. The lowest BCUT2D eigenvalue weighted by Crippen LogP contribution is -2.50. The van der Waals surface area contributed by atoms with Crippen LogP contribution >= 0.6 is 21.6 Å². The smallest absolute Gasteiger partial charge is 0.241 e. The minimum absolute atomic E-state index is 0.0655. The normalized spacial score (nSPS) is 17.4. The first-order chi connectivity index (χ1) is 28.3. The fourth-order valence-corrected chi connectivity index (χ4v) is 10.4. The molecule has 314 valence electrons. The van der Waals surface area contributed by atoms with Crippen LogP contribution in [0, 0.1) is 0 Å². The SMILES string of the molecule is CCCCCC[C@H]1c2nc(-c3ccccc3OC)cn2CCN1C(=O)[C@@H](N)CSSC[C@H](N)C(=O)N1CCn2cc(-c3ccccc3OC)nc2[C@@H]1CCCCCC. The van der Waals surface area contributed by atoms with Crippen molar-refractivity contribution >= 4 is 33.4 Å². The average molecular weight is 831 g/mol. The second-order valence-corrected chi connectivity index (χ2v) is 17.9. The third-order valence-corrected chi connectivity index (χ3v) is 13.8. The molecule has 4 atom stereocenters. The summed E-state index contributed by atoms with van der Waals surface area (Å²) in [6.07, 6.45) is 14.7. The van der Waals surface area contributed by atoms with Gasteiger partial charge in [-0.05, 0) is 37.1 Å². The van der Waals surface area contributed by atoms with Gasteiger partial charge >= 0.3 is 0 Å². The van der Waals surface area contributed by atoms with Gasteiger partial charge in [-0.25, -0.2) is 9.97 Å². The zero-order valence-electron chi connectivity index (χ0n) is 34.7. The monoisotopic (exact) mass is 830 g/mol. The van der Waals surface area contributed by atoms with Crippen molar-refractivity contribution in [3.63, 3.8) is 0 Å². The van der Waals surface area contributed by atoms with Crippen molar-refractivity contribution in [1.82, 2.24) is 28.9 Å². The van der Waals surface area contributed by atoms with E-state index in [1.165, 1.54) is 21.6 Å². The van der Waals surface area contributed by atoms with Gasteiger partial charge in [0.05, 0.1) is 49.8 Å². The highest BCUT2D eigenvalue weighted by Crippen LogP contribution is 2.38. The summed E-state index contributed by atoms with van der Waals surface area (Å²) in [6, 6.07) is 14.1. The van der Waals surface area contributed by atoms with Gasteiger partial charge in [-0.15, -0.1) is 0 Å². The molecule has 0 aliphatic carbocycles. The second kappa shape index (κ2) is 21.3. The van der Waals surface area contributed by atoms with E-state index in [9.17, 15) is 9.59 Å². The highest BCUT2D eigenvalue weighted by atomic mass is 33.1. The third-order valence-electron chi connectivity index (χ3n) is 11.3. The number of nitrogens with zero attached hydrogens (tertiary/aromatic N) is 6. The van der Waals surface area contributed by atoms with E-state index in [1.807, 2.05) is 58.3 Å². The molecule has 4 N–H and O–H groups in total. The Hall–Kier alpha value is -3.98. The first-order valence-corrected chi connectivity index (χ1v) is 23.6. The van der Waals surface area contributed by atoms with Gasteiger partial charge in [0.1, 0.15) is 23.1 Å². The highest BCUT2D eigenvalue weighted by molar-refractivity contribution is 8.76. The summed E-state index contributed by atoms with van der Waals surface area (Å²) >= 11 is 0. The molecule has 0 spiro atoms. The Labute approximate surface area is 352 Å². The van der Waals surface area contributed by atoms with Crippen molar-refractivity contribution in [2.75, 3.05) is 38.8 Å². The zero-order valence-corrected chi connectivity index (χ0v) is 36.3. The number of para-hydroxylation sites is 2. The summed E-state index contributed by atoms with van der Waals surface area (Å²) in [5, 5.41) is 0. The zero-order chi connectivity index (χ0) is 41.0. The molecule has 2 aromatic carbocycles. The van der Waals surface area contributed by atoms with Crippen LogP contribution in [-0.2, 0) is 22.7 Å². The summed E-state index contributed by atoms with van der Waals surface area (Å²) < 4.78 is 15.7. The van der Waals surface area contributed by atoms with Gasteiger partial charge in [0, 0.05) is 61.2 Å². The Morgan fingerprint density at radius 1 is 0.655 bits per heavy atom. The molecule has 0 fully saturated rings. The molecular formula is C44H62N8O4S2. The minimum atomic E-state index is -0.691. The Bertz CT molecular complexity index is 1810. The van der Waals surface area contributed by atoms with Gasteiger partial charge in [-0.1, -0.05) is 111 Å². The van der Waals surface area contributed by atoms with E-state index in [-0.39, 0.29) is 23.9 Å². The number of hydrogen-bond donors (Lipinski definition) is 2. The topological polar surface area (TPSA) is 147 Å². The van der Waals surface area contributed by atoms with E-state index in [2.05, 4.69) is 35.4 Å². The maximum absolute atomic E-state index is 14.0. The largest absolute Gasteiger partial charge is 0.496 e. The second-order valence-electron chi connectivity index (χ2n) is 15.3. The van der Waals surface area contributed by atoms with E-state index in [0.29, 0.717) is 37.7 Å². The average Bonchev–Trinajstić information content (AvgIpc) is 3.90. The Kier molecular flexibility index (Phi) is 16.0. The summed E-state index contributed by atoms with van der Waals surface area (Å²) in [7, 11) is 6.36. The first kappa shape index (κ1) is 43.6. The van der Waals surface area contributed by atoms with Gasteiger partial charge in [0.25, 0.3) is 0 Å². The number of unbranched alkanes of at least 4 members (excludes halogenated alkanes) is 6.